The van der Waals surface area contributed by atoms with Gasteiger partial charge in [0.05, 0.1) is 7.11 Å². The van der Waals surface area contributed by atoms with Crippen LogP contribution in [0.4, 0.5) is 16.2 Å². The lowest BCUT2D eigenvalue weighted by Gasteiger charge is -2.16. The molecule has 1 aliphatic rings. The van der Waals surface area contributed by atoms with Gasteiger partial charge < -0.3 is 20.3 Å². The molecule has 2 aromatic rings. The quantitative estimate of drug-likeness (QED) is 0.894. The Morgan fingerprint density at radius 1 is 0.960 bits per heavy atom. The summed E-state index contributed by atoms with van der Waals surface area (Å²) in [5, 5.41) is 5.70. The van der Waals surface area contributed by atoms with E-state index in [2.05, 4.69) is 10.6 Å². The van der Waals surface area contributed by atoms with Gasteiger partial charge >= 0.3 is 6.03 Å². The number of ether oxygens (including phenoxy) is 1. The summed E-state index contributed by atoms with van der Waals surface area (Å²) in [7, 11) is 1.56. The summed E-state index contributed by atoms with van der Waals surface area (Å²) >= 11 is 0. The Kier molecular flexibility index (Phi) is 5.18. The van der Waals surface area contributed by atoms with E-state index in [0.717, 1.165) is 25.9 Å². The predicted molar refractivity (Wildman–Crippen MR) is 97.2 cm³/mol. The zero-order chi connectivity index (χ0) is 17.6. The van der Waals surface area contributed by atoms with Crippen molar-refractivity contribution < 1.29 is 14.3 Å². The Balaban J connectivity index is 1.66. The van der Waals surface area contributed by atoms with Gasteiger partial charge in [-0.05, 0) is 49.2 Å². The van der Waals surface area contributed by atoms with Crippen molar-refractivity contribution in [3.63, 3.8) is 0 Å². The number of likely N-dealkylation sites (tertiary alicyclic amines) is 1. The number of nitrogens with one attached hydrogen (secondary N) is 2. The maximum atomic E-state index is 12.4. The lowest BCUT2D eigenvalue weighted by atomic mass is 10.2. The number of anilines is 2. The van der Waals surface area contributed by atoms with Crippen molar-refractivity contribution in [3.8, 4) is 5.75 Å². The van der Waals surface area contributed by atoms with Crippen LogP contribution in [0.2, 0.25) is 0 Å². The van der Waals surface area contributed by atoms with Crippen molar-refractivity contribution in [2.45, 2.75) is 12.8 Å². The molecule has 0 bridgehead atoms. The third-order valence-electron chi connectivity index (χ3n) is 4.10. The Labute approximate surface area is 146 Å². The van der Waals surface area contributed by atoms with Crippen LogP contribution in [0, 0.1) is 0 Å². The van der Waals surface area contributed by atoms with Crippen LogP contribution in [0.1, 0.15) is 23.2 Å². The van der Waals surface area contributed by atoms with Gasteiger partial charge in [-0.3, -0.25) is 4.79 Å². The van der Waals surface area contributed by atoms with Gasteiger partial charge in [0.2, 0.25) is 0 Å². The van der Waals surface area contributed by atoms with E-state index in [4.69, 9.17) is 4.74 Å². The van der Waals surface area contributed by atoms with E-state index in [-0.39, 0.29) is 11.9 Å². The van der Waals surface area contributed by atoms with Crippen LogP contribution < -0.4 is 15.4 Å². The summed E-state index contributed by atoms with van der Waals surface area (Å²) in [6.45, 7) is 1.58. The smallest absolute Gasteiger partial charge is 0.321 e. The highest BCUT2D eigenvalue weighted by molar-refractivity contribution is 6.04. The maximum absolute atomic E-state index is 12.4. The van der Waals surface area contributed by atoms with E-state index < -0.39 is 0 Å². The number of hydrogen-bond acceptors (Lipinski definition) is 3. The monoisotopic (exact) mass is 339 g/mol. The van der Waals surface area contributed by atoms with E-state index in [9.17, 15) is 9.59 Å². The minimum absolute atomic E-state index is 0.103. The number of carbonyl (C=O) groups excluding carboxylic acids is 2. The number of methoxy groups -OCH3 is 1. The van der Waals surface area contributed by atoms with Crippen molar-refractivity contribution in [1.82, 2.24) is 4.90 Å². The van der Waals surface area contributed by atoms with Crippen molar-refractivity contribution in [2.24, 2.45) is 0 Å². The van der Waals surface area contributed by atoms with Gasteiger partial charge in [-0.1, -0.05) is 12.1 Å². The fourth-order valence-electron chi connectivity index (χ4n) is 2.77. The third-order valence-corrected chi connectivity index (χ3v) is 4.10. The molecule has 3 amide bonds. The van der Waals surface area contributed by atoms with E-state index in [1.54, 1.807) is 60.5 Å². The van der Waals surface area contributed by atoms with E-state index in [0.29, 0.717) is 22.7 Å². The minimum atomic E-state index is -0.234. The fraction of sp³-hybridized carbons (Fsp3) is 0.263. The lowest BCUT2D eigenvalue weighted by molar-refractivity contribution is 0.102. The van der Waals surface area contributed by atoms with Gasteiger partial charge in [0, 0.05) is 30.0 Å². The molecule has 0 spiro atoms. The van der Waals surface area contributed by atoms with Crippen LogP contribution >= 0.6 is 0 Å². The molecule has 130 valence electrons. The maximum Gasteiger partial charge on any atom is 0.321 e. The van der Waals surface area contributed by atoms with Gasteiger partial charge in [-0.15, -0.1) is 0 Å². The van der Waals surface area contributed by atoms with Crippen molar-refractivity contribution in [2.75, 3.05) is 30.8 Å². The molecule has 0 radical (unpaired) electrons. The fourth-order valence-corrected chi connectivity index (χ4v) is 2.77. The number of amides is 3. The highest BCUT2D eigenvalue weighted by atomic mass is 16.5. The molecular weight excluding hydrogens is 318 g/mol. The number of nitrogens with zero attached hydrogens (tertiary/aromatic N) is 1. The van der Waals surface area contributed by atoms with Crippen molar-refractivity contribution >= 4 is 23.3 Å². The van der Waals surface area contributed by atoms with Gasteiger partial charge in [-0.2, -0.15) is 0 Å². The summed E-state index contributed by atoms with van der Waals surface area (Å²) in [5.74, 6) is 0.390. The number of benzene rings is 2. The molecule has 2 aromatic carbocycles. The standard InChI is InChI=1S/C19H21N3O3/c1-25-17-9-4-6-14(12-17)18(23)20-15-7-5-8-16(13-15)21-19(24)22-10-2-3-11-22/h4-9,12-13H,2-3,10-11H2,1H3,(H,20,23)(H,21,24). The molecule has 0 saturated carbocycles. The SMILES string of the molecule is COc1cccc(C(=O)Nc2cccc(NC(=O)N3CCCC3)c2)c1. The average Bonchev–Trinajstić information content (AvgIpc) is 3.17. The third kappa shape index (κ3) is 4.29. The Hall–Kier alpha value is -3.02. The second kappa shape index (κ2) is 7.70. The van der Waals surface area contributed by atoms with Crippen molar-refractivity contribution in [3.05, 3.63) is 54.1 Å². The molecule has 0 aromatic heterocycles. The largest absolute Gasteiger partial charge is 0.497 e. The van der Waals surface area contributed by atoms with Crippen LogP contribution in [-0.4, -0.2) is 37.0 Å². The molecule has 1 aliphatic heterocycles. The molecule has 6 heteroatoms. The molecule has 0 unspecified atom stereocenters. The molecular formula is C19H21N3O3. The van der Waals surface area contributed by atoms with Gasteiger partial charge in [0.15, 0.2) is 0 Å². The molecule has 0 aliphatic carbocycles. The Morgan fingerprint density at radius 3 is 2.36 bits per heavy atom. The second-order valence-corrected chi connectivity index (χ2v) is 5.89. The van der Waals surface area contributed by atoms with E-state index >= 15 is 0 Å². The summed E-state index contributed by atoms with van der Waals surface area (Å²) < 4.78 is 5.13. The van der Waals surface area contributed by atoms with Gasteiger partial charge in [0.1, 0.15) is 5.75 Å². The predicted octanol–water partition coefficient (Wildman–Crippen LogP) is 3.58. The van der Waals surface area contributed by atoms with Gasteiger partial charge in [0.25, 0.3) is 5.91 Å². The first-order valence-electron chi connectivity index (χ1n) is 8.27. The zero-order valence-corrected chi connectivity index (χ0v) is 14.1. The highest BCUT2D eigenvalue weighted by Gasteiger charge is 2.17. The lowest BCUT2D eigenvalue weighted by Crippen LogP contribution is -2.32. The molecule has 1 heterocycles. The molecule has 3 rings (SSSR count). The Morgan fingerprint density at radius 2 is 1.64 bits per heavy atom. The van der Waals surface area contributed by atoms with Crippen LogP contribution in [-0.2, 0) is 0 Å². The first-order chi connectivity index (χ1) is 12.2. The first-order valence-corrected chi connectivity index (χ1v) is 8.27. The second-order valence-electron chi connectivity index (χ2n) is 5.89. The van der Waals surface area contributed by atoms with Crippen LogP contribution in [0.5, 0.6) is 5.75 Å². The molecule has 1 saturated heterocycles. The number of carbonyl (C=O) groups is 2. The minimum Gasteiger partial charge on any atom is -0.497 e. The van der Waals surface area contributed by atoms with Crippen LogP contribution in [0.25, 0.3) is 0 Å². The summed E-state index contributed by atoms with van der Waals surface area (Å²) in [4.78, 5) is 26.3. The summed E-state index contributed by atoms with van der Waals surface area (Å²) in [5.41, 5.74) is 1.78. The number of urea groups is 1. The average molecular weight is 339 g/mol. The van der Waals surface area contributed by atoms with Crippen LogP contribution in [0.3, 0.4) is 0 Å². The molecule has 2 N–H and O–H groups in total. The first kappa shape index (κ1) is 16.8. The van der Waals surface area contributed by atoms with Crippen molar-refractivity contribution in [1.29, 1.82) is 0 Å². The number of hydrogen-bond donors (Lipinski definition) is 2. The summed E-state index contributed by atoms with van der Waals surface area (Å²) in [6, 6.07) is 14.0. The normalized spacial score (nSPS) is 13.4. The number of rotatable bonds is 4. The topological polar surface area (TPSA) is 70.7 Å². The molecule has 6 nitrogen and oxygen atoms in total. The molecule has 25 heavy (non-hydrogen) atoms. The molecule has 0 atom stereocenters. The Bertz CT molecular complexity index is 770. The van der Waals surface area contributed by atoms with Gasteiger partial charge in [-0.25, -0.2) is 4.79 Å². The van der Waals surface area contributed by atoms with E-state index in [1.807, 2.05) is 0 Å². The van der Waals surface area contributed by atoms with Crippen LogP contribution in [0.15, 0.2) is 48.5 Å². The summed E-state index contributed by atoms with van der Waals surface area (Å²) in [6.07, 6.45) is 2.09. The highest BCUT2D eigenvalue weighted by Crippen LogP contribution is 2.19. The zero-order valence-electron chi connectivity index (χ0n) is 14.1. The van der Waals surface area contributed by atoms with E-state index in [1.165, 1.54) is 0 Å². The molecule has 1 fully saturated rings.